The Morgan fingerprint density at radius 1 is 1.42 bits per heavy atom. The number of thiazole rings is 1. The fraction of sp³-hybridized carbons (Fsp3) is 0.765. The lowest BCUT2D eigenvalue weighted by atomic mass is 10.1. The van der Waals surface area contributed by atoms with Gasteiger partial charge in [0.25, 0.3) is 0 Å². The quantitative estimate of drug-likeness (QED) is 0.598. The molecule has 0 radical (unpaired) electrons. The first kappa shape index (κ1) is 21.0. The number of likely N-dealkylation sites (tertiary alicyclic amines) is 1. The maximum Gasteiger partial charge on any atom is 0.401 e. The number of hydrogen-bond acceptors (Lipinski definition) is 4. The highest BCUT2D eigenvalue weighted by atomic mass is 32.1. The monoisotopic (exact) mass is 391 g/mol. The van der Waals surface area contributed by atoms with Gasteiger partial charge in [0.05, 0.1) is 18.8 Å². The molecule has 0 amide bonds. The van der Waals surface area contributed by atoms with E-state index in [0.29, 0.717) is 19.6 Å². The number of guanidine groups is 1. The van der Waals surface area contributed by atoms with Crippen LogP contribution in [-0.2, 0) is 6.54 Å². The number of aryl methyl sites for hydroxylation is 2. The topological polar surface area (TPSA) is 43.8 Å². The molecular formula is C17H28F3N5S. The summed E-state index contributed by atoms with van der Waals surface area (Å²) in [4.78, 5) is 13.6. The van der Waals surface area contributed by atoms with Crippen molar-refractivity contribution in [3.8, 4) is 0 Å². The van der Waals surface area contributed by atoms with Crippen LogP contribution in [0.1, 0.15) is 28.9 Å². The van der Waals surface area contributed by atoms with Gasteiger partial charge in [-0.2, -0.15) is 13.2 Å². The first-order chi connectivity index (χ1) is 12.2. The molecule has 0 aromatic carbocycles. The van der Waals surface area contributed by atoms with Crippen LogP contribution in [0.2, 0.25) is 0 Å². The average molecular weight is 392 g/mol. The van der Waals surface area contributed by atoms with Crippen LogP contribution in [0.3, 0.4) is 0 Å². The maximum atomic E-state index is 12.6. The number of aliphatic imine (C=N–C) groups is 1. The summed E-state index contributed by atoms with van der Waals surface area (Å²) in [6, 6.07) is 0. The number of nitrogens with one attached hydrogen (secondary N) is 1. The first-order valence-electron chi connectivity index (χ1n) is 8.89. The Balaban J connectivity index is 1.85. The van der Waals surface area contributed by atoms with Gasteiger partial charge < -0.3 is 10.2 Å². The molecule has 2 rings (SSSR count). The molecule has 1 atom stereocenters. The number of halogens is 3. The zero-order chi connectivity index (χ0) is 19.3. The summed E-state index contributed by atoms with van der Waals surface area (Å²) in [7, 11) is 1.73. The van der Waals surface area contributed by atoms with Crippen LogP contribution in [-0.4, -0.2) is 66.7 Å². The number of rotatable bonds is 6. The molecule has 26 heavy (non-hydrogen) atoms. The van der Waals surface area contributed by atoms with Crippen molar-refractivity contribution in [2.75, 3.05) is 39.8 Å². The van der Waals surface area contributed by atoms with E-state index in [1.807, 2.05) is 6.92 Å². The Bertz CT molecular complexity index is 595. The highest BCUT2D eigenvalue weighted by molar-refractivity contribution is 7.11. The van der Waals surface area contributed by atoms with E-state index in [0.717, 1.165) is 36.2 Å². The molecule has 1 aromatic rings. The highest BCUT2D eigenvalue weighted by Crippen LogP contribution is 2.22. The SMILES string of the molecule is CCN(CC1CCN(C(=NC)NCc2nc(C)c(C)s2)C1)CC(F)(F)F. The molecule has 0 saturated carbocycles. The molecule has 1 N–H and O–H groups in total. The van der Waals surface area contributed by atoms with Gasteiger partial charge in [0.15, 0.2) is 5.96 Å². The minimum absolute atomic E-state index is 0.222. The number of nitrogens with zero attached hydrogens (tertiary/aromatic N) is 4. The molecule has 0 aliphatic carbocycles. The second-order valence-electron chi connectivity index (χ2n) is 6.69. The summed E-state index contributed by atoms with van der Waals surface area (Å²) in [5.41, 5.74) is 1.05. The predicted octanol–water partition coefficient (Wildman–Crippen LogP) is 3.04. The summed E-state index contributed by atoms with van der Waals surface area (Å²) in [6.45, 7) is 8.01. The number of alkyl halides is 3. The van der Waals surface area contributed by atoms with Crippen LogP contribution >= 0.6 is 11.3 Å². The molecule has 2 heterocycles. The van der Waals surface area contributed by atoms with E-state index in [-0.39, 0.29) is 5.92 Å². The smallest absolute Gasteiger partial charge is 0.350 e. The third-order valence-corrected chi connectivity index (χ3v) is 5.71. The van der Waals surface area contributed by atoms with Crippen LogP contribution in [0, 0.1) is 19.8 Å². The van der Waals surface area contributed by atoms with Gasteiger partial charge in [-0.25, -0.2) is 4.98 Å². The van der Waals surface area contributed by atoms with E-state index in [2.05, 4.69) is 27.1 Å². The van der Waals surface area contributed by atoms with Crippen molar-refractivity contribution in [1.29, 1.82) is 0 Å². The van der Waals surface area contributed by atoms with Crippen LogP contribution in [0.25, 0.3) is 0 Å². The molecule has 0 bridgehead atoms. The highest BCUT2D eigenvalue weighted by Gasteiger charge is 2.33. The van der Waals surface area contributed by atoms with Gasteiger partial charge in [-0.05, 0) is 32.7 Å². The van der Waals surface area contributed by atoms with Gasteiger partial charge in [-0.3, -0.25) is 9.89 Å². The van der Waals surface area contributed by atoms with Gasteiger partial charge in [0.1, 0.15) is 5.01 Å². The molecule has 9 heteroatoms. The van der Waals surface area contributed by atoms with Crippen LogP contribution < -0.4 is 5.32 Å². The van der Waals surface area contributed by atoms with Gasteiger partial charge in [0.2, 0.25) is 0 Å². The van der Waals surface area contributed by atoms with E-state index in [9.17, 15) is 13.2 Å². The molecule has 1 aliphatic rings. The Kier molecular flexibility index (Phi) is 7.28. The lowest BCUT2D eigenvalue weighted by Crippen LogP contribution is -2.41. The summed E-state index contributed by atoms with van der Waals surface area (Å²) in [5, 5.41) is 4.34. The van der Waals surface area contributed by atoms with E-state index in [4.69, 9.17) is 0 Å². The van der Waals surface area contributed by atoms with Crippen LogP contribution in [0.4, 0.5) is 13.2 Å². The fourth-order valence-electron chi connectivity index (χ4n) is 3.20. The number of aromatic nitrogens is 1. The predicted molar refractivity (Wildman–Crippen MR) is 99.6 cm³/mol. The van der Waals surface area contributed by atoms with Gasteiger partial charge in [-0.15, -0.1) is 11.3 Å². The Morgan fingerprint density at radius 3 is 2.69 bits per heavy atom. The summed E-state index contributed by atoms with van der Waals surface area (Å²) >= 11 is 1.67. The van der Waals surface area contributed by atoms with Crippen molar-refractivity contribution in [3.63, 3.8) is 0 Å². The first-order valence-corrected chi connectivity index (χ1v) is 9.71. The van der Waals surface area contributed by atoms with Crippen molar-refractivity contribution in [1.82, 2.24) is 20.1 Å². The largest absolute Gasteiger partial charge is 0.401 e. The summed E-state index contributed by atoms with van der Waals surface area (Å²) < 4.78 is 37.9. The molecule has 1 aliphatic heterocycles. The fourth-order valence-corrected chi connectivity index (χ4v) is 4.07. The minimum Gasteiger partial charge on any atom is -0.350 e. The second kappa shape index (κ2) is 9.03. The van der Waals surface area contributed by atoms with Crippen LogP contribution in [0.5, 0.6) is 0 Å². The average Bonchev–Trinajstić information content (AvgIpc) is 3.13. The van der Waals surface area contributed by atoms with Crippen molar-refractivity contribution < 1.29 is 13.2 Å². The lowest BCUT2D eigenvalue weighted by Gasteiger charge is -2.26. The Labute approximate surface area is 157 Å². The molecule has 148 valence electrons. The third-order valence-electron chi connectivity index (χ3n) is 4.63. The molecule has 0 spiro atoms. The number of hydrogen-bond donors (Lipinski definition) is 1. The van der Waals surface area contributed by atoms with Gasteiger partial charge in [-0.1, -0.05) is 6.92 Å². The van der Waals surface area contributed by atoms with E-state index < -0.39 is 12.7 Å². The maximum absolute atomic E-state index is 12.6. The molecule has 1 fully saturated rings. The van der Waals surface area contributed by atoms with Crippen molar-refractivity contribution in [2.24, 2.45) is 10.9 Å². The zero-order valence-electron chi connectivity index (χ0n) is 15.9. The Hall–Kier alpha value is -1.35. The third kappa shape index (κ3) is 6.12. The standard InChI is InChI=1S/C17H28F3N5S/c1-5-24(11-17(18,19)20)9-14-6-7-25(10-14)16(21-4)22-8-15-23-12(2)13(3)26-15/h14H,5-11H2,1-4H3,(H,21,22). The van der Waals surface area contributed by atoms with E-state index in [1.54, 1.807) is 25.3 Å². The minimum atomic E-state index is -4.14. The van der Waals surface area contributed by atoms with Crippen molar-refractivity contribution >= 4 is 17.3 Å². The summed E-state index contributed by atoms with van der Waals surface area (Å²) in [6.07, 6.45) is -3.26. The van der Waals surface area contributed by atoms with Gasteiger partial charge >= 0.3 is 6.18 Å². The molecular weight excluding hydrogens is 363 g/mol. The lowest BCUT2D eigenvalue weighted by molar-refractivity contribution is -0.146. The van der Waals surface area contributed by atoms with Crippen LogP contribution in [0.15, 0.2) is 4.99 Å². The van der Waals surface area contributed by atoms with E-state index >= 15 is 0 Å². The van der Waals surface area contributed by atoms with E-state index in [1.165, 1.54) is 9.78 Å². The normalized spacial score (nSPS) is 18.8. The molecule has 1 aromatic heterocycles. The van der Waals surface area contributed by atoms with Crippen molar-refractivity contribution in [2.45, 2.75) is 39.9 Å². The van der Waals surface area contributed by atoms with Crippen molar-refractivity contribution in [3.05, 3.63) is 15.6 Å². The van der Waals surface area contributed by atoms with Gasteiger partial charge in [0, 0.05) is 31.6 Å². The molecule has 1 saturated heterocycles. The summed E-state index contributed by atoms with van der Waals surface area (Å²) in [5.74, 6) is 1.01. The molecule has 1 unspecified atom stereocenters. The Morgan fingerprint density at radius 2 is 2.15 bits per heavy atom. The molecule has 5 nitrogen and oxygen atoms in total. The second-order valence-corrected chi connectivity index (χ2v) is 7.98. The zero-order valence-corrected chi connectivity index (χ0v) is 16.7.